The van der Waals surface area contributed by atoms with Gasteiger partial charge in [-0.25, -0.2) is 9.18 Å². The third kappa shape index (κ3) is 3.37. The highest BCUT2D eigenvalue weighted by Crippen LogP contribution is 2.39. The third-order valence-electron chi connectivity index (χ3n) is 4.23. The summed E-state index contributed by atoms with van der Waals surface area (Å²) in [6, 6.07) is 7.33. The lowest BCUT2D eigenvalue weighted by Gasteiger charge is -2.28. The Bertz CT molecular complexity index is 698. The van der Waals surface area contributed by atoms with Crippen LogP contribution in [0.1, 0.15) is 19.8 Å². The zero-order valence-corrected chi connectivity index (χ0v) is 12.8. The van der Waals surface area contributed by atoms with Crippen molar-refractivity contribution < 1.29 is 18.7 Å². The predicted molar refractivity (Wildman–Crippen MR) is 84.5 cm³/mol. The second kappa shape index (κ2) is 6.04. The molecule has 6 heteroatoms. The standard InChI is InChI=1S/C17H19FN2O3/c1-17(10-21,12-5-6-12)20-16(22)19-14-9-11(4-7-13(14)18)15-3-2-8-23-15/h2-4,7-9,12,21H,5-6,10H2,1H3,(H2,19,20,22)/t17-/m1/s1. The van der Waals surface area contributed by atoms with Crippen LogP contribution in [-0.2, 0) is 0 Å². The summed E-state index contributed by atoms with van der Waals surface area (Å²) in [7, 11) is 0. The molecular weight excluding hydrogens is 299 g/mol. The van der Waals surface area contributed by atoms with Crippen LogP contribution in [0.4, 0.5) is 14.9 Å². The minimum Gasteiger partial charge on any atom is -0.464 e. The number of hydrogen-bond acceptors (Lipinski definition) is 3. The molecule has 3 N–H and O–H groups in total. The van der Waals surface area contributed by atoms with Crippen molar-refractivity contribution in [2.45, 2.75) is 25.3 Å². The Hall–Kier alpha value is -2.34. The number of amides is 2. The van der Waals surface area contributed by atoms with E-state index in [1.807, 2.05) is 0 Å². The summed E-state index contributed by atoms with van der Waals surface area (Å²) < 4.78 is 19.2. The summed E-state index contributed by atoms with van der Waals surface area (Å²) in [6.07, 6.45) is 3.47. The van der Waals surface area contributed by atoms with Gasteiger partial charge in [0.25, 0.3) is 0 Å². The first-order chi connectivity index (χ1) is 11.0. The molecule has 1 aliphatic carbocycles. The Balaban J connectivity index is 1.74. The van der Waals surface area contributed by atoms with E-state index >= 15 is 0 Å². The minimum atomic E-state index is -0.681. The molecule has 1 atom stereocenters. The molecule has 0 saturated heterocycles. The highest BCUT2D eigenvalue weighted by molar-refractivity contribution is 5.90. The van der Waals surface area contributed by atoms with Crippen LogP contribution in [0.25, 0.3) is 11.3 Å². The maximum absolute atomic E-state index is 13.9. The van der Waals surface area contributed by atoms with Crippen LogP contribution in [0, 0.1) is 11.7 Å². The normalized spacial score (nSPS) is 16.7. The number of carbonyl (C=O) groups excluding carboxylic acids is 1. The Morgan fingerprint density at radius 3 is 2.83 bits per heavy atom. The van der Waals surface area contributed by atoms with Crippen LogP contribution in [0.5, 0.6) is 0 Å². The summed E-state index contributed by atoms with van der Waals surface area (Å²) >= 11 is 0. The van der Waals surface area contributed by atoms with Gasteiger partial charge in [-0.05, 0) is 56.0 Å². The molecule has 0 unspecified atom stereocenters. The van der Waals surface area contributed by atoms with Crippen molar-refractivity contribution in [2.75, 3.05) is 11.9 Å². The first-order valence-electron chi connectivity index (χ1n) is 7.55. The lowest BCUT2D eigenvalue weighted by molar-refractivity contribution is 0.159. The fourth-order valence-electron chi connectivity index (χ4n) is 2.62. The van der Waals surface area contributed by atoms with E-state index in [4.69, 9.17) is 4.42 Å². The SMILES string of the molecule is C[C@](CO)(NC(=O)Nc1cc(-c2ccco2)ccc1F)C1CC1. The molecule has 0 spiro atoms. The number of hydrogen-bond donors (Lipinski definition) is 3. The molecule has 1 fully saturated rings. The molecule has 0 radical (unpaired) electrons. The smallest absolute Gasteiger partial charge is 0.319 e. The lowest BCUT2D eigenvalue weighted by atomic mass is 9.97. The van der Waals surface area contributed by atoms with Gasteiger partial charge in [-0.3, -0.25) is 0 Å². The van der Waals surface area contributed by atoms with Crippen molar-refractivity contribution in [3.8, 4) is 11.3 Å². The molecular formula is C17H19FN2O3. The van der Waals surface area contributed by atoms with E-state index in [-0.39, 0.29) is 18.2 Å². The van der Waals surface area contributed by atoms with Gasteiger partial charge in [0.05, 0.1) is 24.1 Å². The second-order valence-corrected chi connectivity index (χ2v) is 6.10. The molecule has 1 aromatic heterocycles. The lowest BCUT2D eigenvalue weighted by Crippen LogP contribution is -2.52. The van der Waals surface area contributed by atoms with Gasteiger partial charge in [-0.15, -0.1) is 0 Å². The summed E-state index contributed by atoms with van der Waals surface area (Å²) in [5.74, 6) is 0.316. The van der Waals surface area contributed by atoms with Crippen LogP contribution < -0.4 is 10.6 Å². The summed E-state index contributed by atoms with van der Waals surface area (Å²) in [5.41, 5.74) is 0.0467. The average molecular weight is 318 g/mol. The molecule has 1 saturated carbocycles. The topological polar surface area (TPSA) is 74.5 Å². The fourth-order valence-corrected chi connectivity index (χ4v) is 2.62. The van der Waals surface area contributed by atoms with E-state index in [9.17, 15) is 14.3 Å². The number of benzene rings is 1. The number of carbonyl (C=O) groups is 1. The average Bonchev–Trinajstić information content (AvgIpc) is 3.26. The molecule has 23 heavy (non-hydrogen) atoms. The molecule has 1 aromatic carbocycles. The fraction of sp³-hybridized carbons (Fsp3) is 0.353. The maximum atomic E-state index is 13.9. The van der Waals surface area contributed by atoms with Crippen molar-refractivity contribution in [1.29, 1.82) is 0 Å². The van der Waals surface area contributed by atoms with Crippen molar-refractivity contribution in [3.05, 3.63) is 42.4 Å². The molecule has 1 aliphatic rings. The number of halogens is 1. The molecule has 5 nitrogen and oxygen atoms in total. The minimum absolute atomic E-state index is 0.0625. The van der Waals surface area contributed by atoms with E-state index in [0.29, 0.717) is 11.3 Å². The highest BCUT2D eigenvalue weighted by atomic mass is 19.1. The van der Waals surface area contributed by atoms with E-state index in [2.05, 4.69) is 10.6 Å². The van der Waals surface area contributed by atoms with E-state index in [1.54, 1.807) is 25.1 Å². The molecule has 2 aromatic rings. The molecule has 3 rings (SSSR count). The van der Waals surface area contributed by atoms with E-state index in [0.717, 1.165) is 12.8 Å². The molecule has 2 amide bonds. The van der Waals surface area contributed by atoms with Gasteiger partial charge in [-0.2, -0.15) is 0 Å². The zero-order chi connectivity index (χ0) is 16.4. The number of aliphatic hydroxyl groups is 1. The number of anilines is 1. The Morgan fingerprint density at radius 1 is 1.43 bits per heavy atom. The Morgan fingerprint density at radius 2 is 2.22 bits per heavy atom. The number of urea groups is 1. The van der Waals surface area contributed by atoms with Crippen LogP contribution in [0.3, 0.4) is 0 Å². The second-order valence-electron chi connectivity index (χ2n) is 6.10. The van der Waals surface area contributed by atoms with Gasteiger partial charge < -0.3 is 20.2 Å². The zero-order valence-electron chi connectivity index (χ0n) is 12.8. The van der Waals surface area contributed by atoms with Crippen LogP contribution in [0.15, 0.2) is 41.0 Å². The first kappa shape index (κ1) is 15.6. The molecule has 0 aliphatic heterocycles. The van der Waals surface area contributed by atoms with Gasteiger partial charge in [-0.1, -0.05) is 0 Å². The number of aliphatic hydroxyl groups excluding tert-OH is 1. The highest BCUT2D eigenvalue weighted by Gasteiger charge is 2.42. The van der Waals surface area contributed by atoms with Crippen LogP contribution >= 0.6 is 0 Å². The molecule has 0 bridgehead atoms. The van der Waals surface area contributed by atoms with Crippen molar-refractivity contribution in [1.82, 2.24) is 5.32 Å². The Kier molecular flexibility index (Phi) is 4.09. The number of nitrogens with one attached hydrogen (secondary N) is 2. The van der Waals surface area contributed by atoms with Gasteiger partial charge in [0.2, 0.25) is 0 Å². The van der Waals surface area contributed by atoms with Crippen molar-refractivity contribution in [3.63, 3.8) is 0 Å². The van der Waals surface area contributed by atoms with Gasteiger partial charge in [0, 0.05) is 5.56 Å². The quantitative estimate of drug-likeness (QED) is 0.791. The molecule has 1 heterocycles. The van der Waals surface area contributed by atoms with Gasteiger partial charge >= 0.3 is 6.03 Å². The molecule has 122 valence electrons. The monoisotopic (exact) mass is 318 g/mol. The van der Waals surface area contributed by atoms with Crippen molar-refractivity contribution >= 4 is 11.7 Å². The number of rotatable bonds is 5. The first-order valence-corrected chi connectivity index (χ1v) is 7.55. The van der Waals surface area contributed by atoms with E-state index < -0.39 is 17.4 Å². The Labute approximate surface area is 133 Å². The van der Waals surface area contributed by atoms with Gasteiger partial charge in [0.1, 0.15) is 11.6 Å². The number of furan rings is 1. The van der Waals surface area contributed by atoms with E-state index in [1.165, 1.54) is 18.4 Å². The maximum Gasteiger partial charge on any atom is 0.319 e. The van der Waals surface area contributed by atoms with Crippen molar-refractivity contribution in [2.24, 2.45) is 5.92 Å². The predicted octanol–water partition coefficient (Wildman–Crippen LogP) is 3.37. The largest absolute Gasteiger partial charge is 0.464 e. The third-order valence-corrected chi connectivity index (χ3v) is 4.23. The van der Waals surface area contributed by atoms with Crippen LogP contribution in [0.2, 0.25) is 0 Å². The summed E-state index contributed by atoms with van der Waals surface area (Å²) in [6.45, 7) is 1.64. The summed E-state index contributed by atoms with van der Waals surface area (Å²) in [5, 5.41) is 14.8. The van der Waals surface area contributed by atoms with Crippen LogP contribution in [-0.4, -0.2) is 23.3 Å². The van der Waals surface area contributed by atoms with Gasteiger partial charge in [0.15, 0.2) is 0 Å². The summed E-state index contributed by atoms with van der Waals surface area (Å²) in [4.78, 5) is 12.1.